The number of unbranched alkanes of at least 4 members (excludes halogenated alkanes) is 8. The first-order valence-electron chi connectivity index (χ1n) is 20.7. The van der Waals surface area contributed by atoms with Gasteiger partial charge in [-0.05, 0) is 85.3 Å². The van der Waals surface area contributed by atoms with E-state index in [-0.39, 0.29) is 31.7 Å². The number of ether oxygens (including phenoxy) is 2. The molecule has 0 unspecified atom stereocenters. The molecule has 312 valence electrons. The highest BCUT2D eigenvalue weighted by Gasteiger charge is 2.80. The maximum Gasteiger partial charge on any atom is 0.380 e. The highest BCUT2D eigenvalue weighted by molar-refractivity contribution is 7.19. The molecular formula is C49H50F6O2S2. The van der Waals surface area contributed by atoms with E-state index >= 15 is 26.3 Å². The molecule has 0 fully saturated rings. The van der Waals surface area contributed by atoms with Gasteiger partial charge in [0.25, 0.3) is 0 Å². The summed E-state index contributed by atoms with van der Waals surface area (Å²) in [5.74, 6) is -14.5. The number of alkyl halides is 6. The summed E-state index contributed by atoms with van der Waals surface area (Å²) in [4.78, 5) is 0.507. The van der Waals surface area contributed by atoms with Crippen molar-refractivity contribution in [2.24, 2.45) is 0 Å². The van der Waals surface area contributed by atoms with Crippen LogP contribution in [-0.4, -0.2) is 31.0 Å². The summed E-state index contributed by atoms with van der Waals surface area (Å²) >= 11 is 2.25. The summed E-state index contributed by atoms with van der Waals surface area (Å²) in [7, 11) is 0. The fraction of sp³-hybridized carbons (Fsp3) is 0.388. The van der Waals surface area contributed by atoms with E-state index < -0.39 is 28.9 Å². The molecule has 0 atom stereocenters. The lowest BCUT2D eigenvalue weighted by Gasteiger charge is -2.26. The van der Waals surface area contributed by atoms with E-state index in [2.05, 4.69) is 13.8 Å². The van der Waals surface area contributed by atoms with E-state index in [1.54, 1.807) is 36.4 Å². The second kappa shape index (κ2) is 17.7. The van der Waals surface area contributed by atoms with Gasteiger partial charge in [-0.3, -0.25) is 0 Å². The van der Waals surface area contributed by atoms with Crippen LogP contribution in [0.2, 0.25) is 0 Å². The maximum absolute atomic E-state index is 16.2. The van der Waals surface area contributed by atoms with Crippen LogP contribution >= 0.6 is 22.7 Å². The standard InChI is InChI=1S/C49H50F6O2S2/c1-5-7-9-11-13-27-56-37-21-15-33(16-22-37)35-19-25-39-41(29-35)58-31(3)43(39)45-46(48(52,53)49(54,55)47(45,50)51)44-32(4)59-42-30-36(20-26-40(42)44)34-17-23-38(24-18-34)57-28-14-12-10-8-6-2/h15-26,29-30H,5-14,27-28H2,1-4H3. The molecule has 2 nitrogen and oxygen atoms in total. The van der Waals surface area contributed by atoms with Crippen molar-refractivity contribution in [1.82, 2.24) is 0 Å². The van der Waals surface area contributed by atoms with Crippen LogP contribution in [0.1, 0.15) is 98.9 Å². The van der Waals surface area contributed by atoms with Crippen LogP contribution in [0, 0.1) is 13.8 Å². The quantitative estimate of drug-likeness (QED) is 0.0634. The normalized spacial score (nSPS) is 15.8. The third-order valence-corrected chi connectivity index (χ3v) is 13.4. The van der Waals surface area contributed by atoms with Crippen LogP contribution in [0.3, 0.4) is 0 Å². The van der Waals surface area contributed by atoms with Gasteiger partial charge in [0, 0.05) is 52.2 Å². The predicted molar refractivity (Wildman–Crippen MR) is 234 cm³/mol. The molecule has 6 aromatic rings. The molecule has 0 spiro atoms. The number of benzene rings is 4. The molecule has 2 aromatic heterocycles. The molecule has 1 aliphatic rings. The van der Waals surface area contributed by atoms with E-state index in [4.69, 9.17) is 9.47 Å². The fourth-order valence-corrected chi connectivity index (χ4v) is 10.3. The predicted octanol–water partition coefficient (Wildman–Crippen LogP) is 16.6. The molecule has 0 N–H and O–H groups in total. The summed E-state index contributed by atoms with van der Waals surface area (Å²) in [5.41, 5.74) is 0.0719. The highest BCUT2D eigenvalue weighted by Crippen LogP contribution is 2.67. The summed E-state index contributed by atoms with van der Waals surface area (Å²) < 4.78 is 109. The van der Waals surface area contributed by atoms with Crippen LogP contribution in [-0.2, 0) is 0 Å². The minimum Gasteiger partial charge on any atom is -0.494 e. The van der Waals surface area contributed by atoms with Crippen molar-refractivity contribution < 1.29 is 35.8 Å². The van der Waals surface area contributed by atoms with Crippen molar-refractivity contribution in [3.8, 4) is 33.8 Å². The van der Waals surface area contributed by atoms with E-state index in [1.807, 2.05) is 48.5 Å². The van der Waals surface area contributed by atoms with Gasteiger partial charge < -0.3 is 9.47 Å². The number of hydrogen-bond acceptors (Lipinski definition) is 4. The summed E-state index contributed by atoms with van der Waals surface area (Å²) in [5, 5.41) is 0.451. The lowest BCUT2D eigenvalue weighted by Crippen LogP contribution is -2.48. The number of rotatable bonds is 18. The Kier molecular flexibility index (Phi) is 12.9. The Morgan fingerprint density at radius 2 is 0.814 bits per heavy atom. The van der Waals surface area contributed by atoms with E-state index in [1.165, 1.54) is 52.4 Å². The first-order valence-corrected chi connectivity index (χ1v) is 22.4. The fourth-order valence-electron chi connectivity index (χ4n) is 8.09. The lowest BCUT2D eigenvalue weighted by molar-refractivity contribution is -0.254. The SMILES string of the molecule is CCCCCCCOc1ccc(-c2ccc3c(C4=C(c5c(C)sc6cc(-c7ccc(OCCCCCCC)cc7)ccc56)C(F)(F)C(F)(F)C4(F)F)c(C)sc3c2)cc1. The molecule has 0 saturated heterocycles. The molecule has 10 heteroatoms. The first kappa shape index (κ1) is 42.8. The number of fused-ring (bicyclic) bond motifs is 2. The Bertz CT molecular complexity index is 2260. The van der Waals surface area contributed by atoms with E-state index in [0.29, 0.717) is 22.6 Å². The first-order chi connectivity index (χ1) is 28.3. The molecule has 4 aromatic carbocycles. The number of thiophene rings is 2. The Morgan fingerprint density at radius 3 is 1.19 bits per heavy atom. The maximum atomic E-state index is 16.2. The van der Waals surface area contributed by atoms with Crippen LogP contribution in [0.15, 0.2) is 84.9 Å². The van der Waals surface area contributed by atoms with Crippen LogP contribution < -0.4 is 9.47 Å². The number of allylic oxidation sites excluding steroid dienone is 2. The van der Waals surface area contributed by atoms with Crippen molar-refractivity contribution in [2.45, 2.75) is 110 Å². The van der Waals surface area contributed by atoms with Gasteiger partial charge in [0.15, 0.2) is 0 Å². The van der Waals surface area contributed by atoms with Gasteiger partial charge >= 0.3 is 17.8 Å². The molecule has 7 rings (SSSR count). The molecule has 1 aliphatic carbocycles. The molecule has 0 bridgehead atoms. The van der Waals surface area contributed by atoms with Gasteiger partial charge in [0.2, 0.25) is 0 Å². The minimum absolute atomic E-state index is 0.225. The number of aryl methyl sites for hydroxylation is 2. The molecule has 0 radical (unpaired) electrons. The third kappa shape index (κ3) is 8.28. The van der Waals surface area contributed by atoms with Crippen molar-refractivity contribution in [1.29, 1.82) is 0 Å². The minimum atomic E-state index is -5.66. The summed E-state index contributed by atoms with van der Waals surface area (Å²) in [6, 6.07) is 25.3. The monoisotopic (exact) mass is 848 g/mol. The van der Waals surface area contributed by atoms with Gasteiger partial charge in [0.05, 0.1) is 13.2 Å². The molecule has 0 saturated carbocycles. The van der Waals surface area contributed by atoms with Crippen molar-refractivity contribution in [3.05, 3.63) is 106 Å². The Hall–Kier alpha value is -4.28. The highest BCUT2D eigenvalue weighted by atomic mass is 32.1. The lowest BCUT2D eigenvalue weighted by atomic mass is 9.91. The van der Waals surface area contributed by atoms with Gasteiger partial charge in [0.1, 0.15) is 11.5 Å². The molecule has 0 amide bonds. The largest absolute Gasteiger partial charge is 0.494 e. The van der Waals surface area contributed by atoms with Gasteiger partial charge in [-0.25, -0.2) is 0 Å². The van der Waals surface area contributed by atoms with Crippen LogP contribution in [0.5, 0.6) is 11.5 Å². The number of hydrogen-bond donors (Lipinski definition) is 0. The topological polar surface area (TPSA) is 18.5 Å². The molecule has 2 heterocycles. The van der Waals surface area contributed by atoms with Gasteiger partial charge in [-0.2, -0.15) is 26.3 Å². The summed E-state index contributed by atoms with van der Waals surface area (Å²) in [6.07, 6.45) is 11.3. The zero-order chi connectivity index (χ0) is 42.0. The zero-order valence-corrected chi connectivity index (χ0v) is 35.6. The van der Waals surface area contributed by atoms with Crippen LogP contribution in [0.25, 0.3) is 53.6 Å². The second-order valence-electron chi connectivity index (χ2n) is 15.5. The second-order valence-corrected chi connectivity index (χ2v) is 18.0. The van der Waals surface area contributed by atoms with Crippen molar-refractivity contribution in [3.63, 3.8) is 0 Å². The smallest absolute Gasteiger partial charge is 0.380 e. The van der Waals surface area contributed by atoms with E-state index in [0.717, 1.165) is 82.1 Å². The van der Waals surface area contributed by atoms with Crippen molar-refractivity contribution in [2.75, 3.05) is 13.2 Å². The van der Waals surface area contributed by atoms with Crippen molar-refractivity contribution >= 4 is 54.0 Å². The van der Waals surface area contributed by atoms with Gasteiger partial charge in [-0.1, -0.05) is 114 Å². The molecular weight excluding hydrogens is 799 g/mol. The Labute approximate surface area is 350 Å². The zero-order valence-electron chi connectivity index (χ0n) is 34.0. The van der Waals surface area contributed by atoms with Crippen LogP contribution in [0.4, 0.5) is 26.3 Å². The Balaban J connectivity index is 1.21. The number of halogens is 6. The molecule has 59 heavy (non-hydrogen) atoms. The third-order valence-electron chi connectivity index (χ3n) is 11.3. The molecule has 0 aliphatic heterocycles. The Morgan fingerprint density at radius 1 is 0.458 bits per heavy atom. The average molecular weight is 849 g/mol. The summed E-state index contributed by atoms with van der Waals surface area (Å²) in [6.45, 7) is 8.65. The van der Waals surface area contributed by atoms with E-state index in [9.17, 15) is 0 Å². The average Bonchev–Trinajstić information content (AvgIpc) is 3.75. The van der Waals surface area contributed by atoms with Gasteiger partial charge in [-0.15, -0.1) is 22.7 Å².